The predicted octanol–water partition coefficient (Wildman–Crippen LogP) is 3.15. The van der Waals surface area contributed by atoms with Crippen molar-refractivity contribution in [1.82, 2.24) is 10.3 Å². The lowest BCUT2D eigenvalue weighted by molar-refractivity contribution is -0.115. The molecule has 2 rings (SSSR count). The van der Waals surface area contributed by atoms with E-state index in [-0.39, 0.29) is 5.91 Å². The van der Waals surface area contributed by atoms with Gasteiger partial charge >= 0.3 is 0 Å². The minimum atomic E-state index is -0.256. The van der Waals surface area contributed by atoms with Gasteiger partial charge in [-0.15, -0.1) is 11.3 Å². The van der Waals surface area contributed by atoms with Crippen molar-refractivity contribution in [2.24, 2.45) is 0 Å². The smallest absolute Gasteiger partial charge is 0.295 e. The number of amides is 1. The Morgan fingerprint density at radius 2 is 2.25 bits per heavy atom. The average Bonchev–Trinajstić information content (AvgIpc) is 2.88. The molecule has 0 bridgehead atoms. The summed E-state index contributed by atoms with van der Waals surface area (Å²) in [7, 11) is 0. The Bertz CT molecular complexity index is 670. The molecule has 3 nitrogen and oxygen atoms in total. The van der Waals surface area contributed by atoms with Crippen molar-refractivity contribution in [3.63, 3.8) is 0 Å². The first-order valence-corrected chi connectivity index (χ1v) is 7.36. The third kappa shape index (κ3) is 3.83. The van der Waals surface area contributed by atoms with E-state index in [1.807, 2.05) is 29.6 Å². The fourth-order valence-electron chi connectivity index (χ4n) is 1.64. The van der Waals surface area contributed by atoms with E-state index in [2.05, 4.69) is 22.1 Å². The number of benzene rings is 1. The molecule has 1 amide bonds. The van der Waals surface area contributed by atoms with Crippen molar-refractivity contribution in [3.8, 4) is 22.4 Å². The maximum atomic E-state index is 11.2. The number of aromatic nitrogens is 1. The molecule has 0 aliphatic rings. The molecule has 102 valence electrons. The fourth-order valence-corrected chi connectivity index (χ4v) is 2.82. The summed E-state index contributed by atoms with van der Waals surface area (Å²) in [4.78, 5) is 15.7. The van der Waals surface area contributed by atoms with Gasteiger partial charge in [0.1, 0.15) is 5.01 Å². The van der Waals surface area contributed by atoms with Gasteiger partial charge in [0.15, 0.2) is 0 Å². The Labute approximate surface area is 127 Å². The summed E-state index contributed by atoms with van der Waals surface area (Å²) >= 11 is 7.69. The molecule has 1 aromatic carbocycles. The molecule has 0 radical (unpaired) electrons. The molecule has 1 heterocycles. The second-order valence-corrected chi connectivity index (χ2v) is 5.27. The minimum Gasteiger partial charge on any atom is -0.345 e. The molecule has 0 aliphatic carbocycles. The van der Waals surface area contributed by atoms with Gasteiger partial charge in [-0.3, -0.25) is 4.79 Å². The van der Waals surface area contributed by atoms with Crippen molar-refractivity contribution in [2.75, 3.05) is 6.54 Å². The van der Waals surface area contributed by atoms with Gasteiger partial charge in [0.2, 0.25) is 0 Å². The highest BCUT2D eigenvalue weighted by Gasteiger charge is 2.08. The topological polar surface area (TPSA) is 42.0 Å². The minimum absolute atomic E-state index is 0.256. The van der Waals surface area contributed by atoms with Crippen LogP contribution in [-0.4, -0.2) is 17.4 Å². The van der Waals surface area contributed by atoms with E-state index in [9.17, 15) is 4.79 Å². The number of hydrogen-bond donors (Lipinski definition) is 1. The van der Waals surface area contributed by atoms with Gasteiger partial charge in [-0.05, 0) is 18.9 Å². The van der Waals surface area contributed by atoms with Crippen LogP contribution >= 0.6 is 22.9 Å². The molecule has 0 aliphatic heterocycles. The van der Waals surface area contributed by atoms with Crippen LogP contribution in [0.4, 0.5) is 0 Å². The molecule has 1 aromatic heterocycles. The normalized spacial score (nSPS) is 9.70. The van der Waals surface area contributed by atoms with E-state index in [1.54, 1.807) is 18.3 Å². The monoisotopic (exact) mass is 304 g/mol. The van der Waals surface area contributed by atoms with Crippen LogP contribution in [0.15, 0.2) is 29.6 Å². The highest BCUT2D eigenvalue weighted by molar-refractivity contribution is 7.13. The first-order valence-electron chi connectivity index (χ1n) is 6.10. The first-order chi connectivity index (χ1) is 9.70. The zero-order chi connectivity index (χ0) is 14.4. The summed E-state index contributed by atoms with van der Waals surface area (Å²) in [6, 6.07) is 7.63. The van der Waals surface area contributed by atoms with Crippen LogP contribution in [0.3, 0.4) is 0 Å². The summed E-state index contributed by atoms with van der Waals surface area (Å²) in [5, 5.41) is 6.29. The molecule has 0 spiro atoms. The lowest BCUT2D eigenvalue weighted by Crippen LogP contribution is -2.23. The van der Waals surface area contributed by atoms with Gasteiger partial charge in [0, 0.05) is 23.9 Å². The van der Waals surface area contributed by atoms with Crippen LogP contribution in [0, 0.1) is 11.8 Å². The van der Waals surface area contributed by atoms with Gasteiger partial charge in [0.25, 0.3) is 5.91 Å². The standard InChI is InChI=1S/C15H13ClN2OS/c1-2-5-14(19)17-9-8-11-10-20-15(18-11)12-6-3-4-7-13(12)16/h3-4,6-7,10H,8-9H2,1H3,(H,17,19). The number of carbonyl (C=O) groups is 1. The van der Waals surface area contributed by atoms with Gasteiger partial charge in [-0.1, -0.05) is 35.7 Å². The Morgan fingerprint density at radius 3 is 3.00 bits per heavy atom. The largest absolute Gasteiger partial charge is 0.345 e. The van der Waals surface area contributed by atoms with Crippen LogP contribution < -0.4 is 5.32 Å². The van der Waals surface area contributed by atoms with Gasteiger partial charge in [-0.25, -0.2) is 4.98 Å². The molecule has 2 aromatic rings. The average molecular weight is 305 g/mol. The van der Waals surface area contributed by atoms with Crippen LogP contribution in [-0.2, 0) is 11.2 Å². The maximum Gasteiger partial charge on any atom is 0.295 e. The third-order valence-corrected chi connectivity index (χ3v) is 3.82. The Kier molecular flexibility index (Phi) is 5.16. The number of carbonyl (C=O) groups excluding carboxylic acids is 1. The number of hydrogen-bond acceptors (Lipinski definition) is 3. The van der Waals surface area contributed by atoms with Crippen molar-refractivity contribution in [2.45, 2.75) is 13.3 Å². The molecule has 0 saturated heterocycles. The number of rotatable bonds is 4. The zero-order valence-corrected chi connectivity index (χ0v) is 12.5. The quantitative estimate of drug-likeness (QED) is 0.882. The van der Waals surface area contributed by atoms with E-state index < -0.39 is 0 Å². The highest BCUT2D eigenvalue weighted by Crippen LogP contribution is 2.29. The van der Waals surface area contributed by atoms with Crippen LogP contribution in [0.5, 0.6) is 0 Å². The molecule has 0 unspecified atom stereocenters. The fraction of sp³-hybridized carbons (Fsp3) is 0.200. The number of halogens is 1. The number of thiazole rings is 1. The molecular formula is C15H13ClN2OS. The number of nitrogens with one attached hydrogen (secondary N) is 1. The number of nitrogens with zero attached hydrogens (tertiary/aromatic N) is 1. The van der Waals surface area contributed by atoms with Gasteiger partial charge < -0.3 is 5.32 Å². The van der Waals surface area contributed by atoms with Crippen LogP contribution in [0.25, 0.3) is 10.6 Å². The highest BCUT2D eigenvalue weighted by atomic mass is 35.5. The summed E-state index contributed by atoms with van der Waals surface area (Å²) in [6.07, 6.45) is 0.679. The molecule has 0 fully saturated rings. The van der Waals surface area contributed by atoms with Crippen molar-refractivity contribution >= 4 is 28.8 Å². The first kappa shape index (κ1) is 14.6. The lowest BCUT2D eigenvalue weighted by Gasteiger charge is -1.99. The molecule has 5 heteroatoms. The van der Waals surface area contributed by atoms with Gasteiger partial charge in [-0.2, -0.15) is 0 Å². The Hall–Kier alpha value is -1.83. The van der Waals surface area contributed by atoms with E-state index in [4.69, 9.17) is 11.6 Å². The predicted molar refractivity (Wildman–Crippen MR) is 82.7 cm³/mol. The van der Waals surface area contributed by atoms with Crippen LogP contribution in [0.2, 0.25) is 5.02 Å². The summed E-state index contributed by atoms with van der Waals surface area (Å²) in [5.74, 6) is 4.74. The van der Waals surface area contributed by atoms with Crippen molar-refractivity contribution in [1.29, 1.82) is 0 Å². The van der Waals surface area contributed by atoms with E-state index in [0.29, 0.717) is 18.0 Å². The SMILES string of the molecule is CC#CC(=O)NCCc1csc(-c2ccccc2Cl)n1. The van der Waals surface area contributed by atoms with E-state index in [0.717, 1.165) is 16.3 Å². The van der Waals surface area contributed by atoms with Crippen molar-refractivity contribution in [3.05, 3.63) is 40.4 Å². The molecular weight excluding hydrogens is 292 g/mol. The van der Waals surface area contributed by atoms with E-state index >= 15 is 0 Å². The lowest BCUT2D eigenvalue weighted by atomic mass is 10.2. The summed E-state index contributed by atoms with van der Waals surface area (Å²) < 4.78 is 0. The molecule has 0 saturated carbocycles. The summed E-state index contributed by atoms with van der Waals surface area (Å²) in [6.45, 7) is 2.16. The van der Waals surface area contributed by atoms with Gasteiger partial charge in [0.05, 0.1) is 10.7 Å². The molecule has 0 atom stereocenters. The third-order valence-electron chi connectivity index (χ3n) is 2.56. The Balaban J connectivity index is 1.97. The second-order valence-electron chi connectivity index (χ2n) is 4.00. The maximum absolute atomic E-state index is 11.2. The molecule has 20 heavy (non-hydrogen) atoms. The van der Waals surface area contributed by atoms with Crippen LogP contribution in [0.1, 0.15) is 12.6 Å². The zero-order valence-electron chi connectivity index (χ0n) is 10.9. The second kappa shape index (κ2) is 7.09. The molecule has 1 N–H and O–H groups in total. The Morgan fingerprint density at radius 1 is 1.45 bits per heavy atom. The van der Waals surface area contributed by atoms with E-state index in [1.165, 1.54) is 0 Å². The van der Waals surface area contributed by atoms with Crippen molar-refractivity contribution < 1.29 is 4.79 Å². The summed E-state index contributed by atoms with van der Waals surface area (Å²) in [5.41, 5.74) is 1.88.